The molecule has 0 atom stereocenters. The van der Waals surface area contributed by atoms with Gasteiger partial charge in [0.2, 0.25) is 0 Å². The Bertz CT molecular complexity index is 488. The molecule has 0 saturated carbocycles. The Morgan fingerprint density at radius 2 is 2.06 bits per heavy atom. The molecule has 2 rings (SSSR count). The molecule has 0 aliphatic carbocycles. The summed E-state index contributed by atoms with van der Waals surface area (Å²) >= 11 is 0. The lowest BCUT2D eigenvalue weighted by Crippen LogP contribution is -1.99. The van der Waals surface area contributed by atoms with Crippen LogP contribution in [0.15, 0.2) is 30.5 Å². The van der Waals surface area contributed by atoms with Gasteiger partial charge in [-0.15, -0.1) is 0 Å². The van der Waals surface area contributed by atoms with Gasteiger partial charge in [-0.25, -0.2) is 0 Å². The van der Waals surface area contributed by atoms with Gasteiger partial charge in [-0.2, -0.15) is 5.10 Å². The zero-order valence-corrected chi connectivity index (χ0v) is 9.90. The normalized spacial score (nSPS) is 10.4. The second-order valence-corrected chi connectivity index (χ2v) is 3.97. The van der Waals surface area contributed by atoms with Crippen molar-refractivity contribution in [3.8, 4) is 5.75 Å². The molecule has 1 aromatic carbocycles. The summed E-state index contributed by atoms with van der Waals surface area (Å²) in [6, 6.07) is 8.05. The molecule has 0 N–H and O–H groups in total. The van der Waals surface area contributed by atoms with E-state index >= 15 is 0 Å². The van der Waals surface area contributed by atoms with Crippen LogP contribution in [0.1, 0.15) is 16.8 Å². The van der Waals surface area contributed by atoms with E-state index in [1.165, 1.54) is 11.1 Å². The SMILES string of the molecule is Cc1cccc(OCc2ccn(C)n2)c1C. The number of aromatic nitrogens is 2. The molecule has 0 amide bonds. The Kier molecular flexibility index (Phi) is 2.95. The van der Waals surface area contributed by atoms with Crippen molar-refractivity contribution in [3.05, 3.63) is 47.3 Å². The number of ether oxygens (including phenoxy) is 1. The van der Waals surface area contributed by atoms with Crippen molar-refractivity contribution in [2.24, 2.45) is 7.05 Å². The van der Waals surface area contributed by atoms with Crippen LogP contribution in [0.4, 0.5) is 0 Å². The fourth-order valence-corrected chi connectivity index (χ4v) is 1.57. The Hall–Kier alpha value is -1.77. The predicted octanol–water partition coefficient (Wildman–Crippen LogP) is 2.62. The van der Waals surface area contributed by atoms with Crippen LogP contribution >= 0.6 is 0 Å². The van der Waals surface area contributed by atoms with E-state index in [9.17, 15) is 0 Å². The third-order valence-corrected chi connectivity index (χ3v) is 2.70. The van der Waals surface area contributed by atoms with Gasteiger partial charge in [0.15, 0.2) is 0 Å². The fraction of sp³-hybridized carbons (Fsp3) is 0.308. The van der Waals surface area contributed by atoms with E-state index in [0.717, 1.165) is 11.4 Å². The number of hydrogen-bond acceptors (Lipinski definition) is 2. The van der Waals surface area contributed by atoms with Gasteiger partial charge in [-0.3, -0.25) is 4.68 Å². The molecular weight excluding hydrogens is 200 g/mol. The van der Waals surface area contributed by atoms with Crippen LogP contribution in [0.2, 0.25) is 0 Å². The standard InChI is InChI=1S/C13H16N2O/c1-10-5-4-6-13(11(10)2)16-9-12-7-8-15(3)14-12/h4-8H,9H2,1-3H3. The Morgan fingerprint density at radius 1 is 1.25 bits per heavy atom. The molecule has 84 valence electrons. The first kappa shape index (κ1) is 10.7. The highest BCUT2D eigenvalue weighted by molar-refractivity contribution is 5.38. The second kappa shape index (κ2) is 4.39. The van der Waals surface area contributed by atoms with Crippen LogP contribution in [-0.4, -0.2) is 9.78 Å². The maximum atomic E-state index is 5.74. The van der Waals surface area contributed by atoms with Gasteiger partial charge in [0.25, 0.3) is 0 Å². The van der Waals surface area contributed by atoms with Gasteiger partial charge < -0.3 is 4.74 Å². The molecule has 0 aliphatic heterocycles. The van der Waals surface area contributed by atoms with Crippen molar-refractivity contribution >= 4 is 0 Å². The molecule has 0 aliphatic rings. The molecular formula is C13H16N2O. The van der Waals surface area contributed by atoms with Crippen LogP contribution in [0, 0.1) is 13.8 Å². The van der Waals surface area contributed by atoms with Gasteiger partial charge in [0.1, 0.15) is 12.4 Å². The zero-order valence-electron chi connectivity index (χ0n) is 9.90. The molecule has 0 spiro atoms. The zero-order chi connectivity index (χ0) is 11.5. The Labute approximate surface area is 95.7 Å². The maximum Gasteiger partial charge on any atom is 0.132 e. The first-order valence-electron chi connectivity index (χ1n) is 5.34. The van der Waals surface area contributed by atoms with Crippen LogP contribution < -0.4 is 4.74 Å². The molecule has 0 saturated heterocycles. The smallest absolute Gasteiger partial charge is 0.132 e. The molecule has 16 heavy (non-hydrogen) atoms. The van der Waals surface area contributed by atoms with Crippen molar-refractivity contribution < 1.29 is 4.74 Å². The second-order valence-electron chi connectivity index (χ2n) is 3.97. The molecule has 1 aromatic heterocycles. The average Bonchev–Trinajstić information content (AvgIpc) is 2.67. The lowest BCUT2D eigenvalue weighted by Gasteiger charge is -2.09. The van der Waals surface area contributed by atoms with E-state index in [0.29, 0.717) is 6.61 Å². The monoisotopic (exact) mass is 216 g/mol. The Morgan fingerprint density at radius 3 is 2.75 bits per heavy atom. The lowest BCUT2D eigenvalue weighted by molar-refractivity contribution is 0.298. The summed E-state index contributed by atoms with van der Waals surface area (Å²) in [6.45, 7) is 4.68. The number of hydrogen-bond donors (Lipinski definition) is 0. The van der Waals surface area contributed by atoms with E-state index in [4.69, 9.17) is 4.74 Å². The van der Waals surface area contributed by atoms with Crippen molar-refractivity contribution in [2.75, 3.05) is 0 Å². The number of rotatable bonds is 3. The van der Waals surface area contributed by atoms with Crippen LogP contribution in [0.5, 0.6) is 5.75 Å². The molecule has 3 nitrogen and oxygen atoms in total. The van der Waals surface area contributed by atoms with E-state index in [2.05, 4.69) is 25.0 Å². The van der Waals surface area contributed by atoms with E-state index < -0.39 is 0 Å². The minimum Gasteiger partial charge on any atom is -0.487 e. The van der Waals surface area contributed by atoms with Gasteiger partial charge >= 0.3 is 0 Å². The van der Waals surface area contributed by atoms with Gasteiger partial charge in [0, 0.05) is 13.2 Å². The predicted molar refractivity (Wildman–Crippen MR) is 63.5 cm³/mol. The van der Waals surface area contributed by atoms with E-state index in [1.807, 2.05) is 31.4 Å². The molecule has 1 heterocycles. The number of aryl methyl sites for hydroxylation is 2. The largest absolute Gasteiger partial charge is 0.487 e. The van der Waals surface area contributed by atoms with Crippen molar-refractivity contribution in [1.82, 2.24) is 9.78 Å². The summed E-state index contributed by atoms with van der Waals surface area (Å²) in [6.07, 6.45) is 1.92. The third kappa shape index (κ3) is 2.24. The summed E-state index contributed by atoms with van der Waals surface area (Å²) in [5.74, 6) is 0.936. The summed E-state index contributed by atoms with van der Waals surface area (Å²) in [7, 11) is 1.90. The fourth-order valence-electron chi connectivity index (χ4n) is 1.57. The highest BCUT2D eigenvalue weighted by atomic mass is 16.5. The van der Waals surface area contributed by atoms with Crippen LogP contribution in [-0.2, 0) is 13.7 Å². The molecule has 0 radical (unpaired) electrons. The van der Waals surface area contributed by atoms with Crippen LogP contribution in [0.3, 0.4) is 0 Å². The van der Waals surface area contributed by atoms with Crippen LogP contribution in [0.25, 0.3) is 0 Å². The molecule has 2 aromatic rings. The minimum atomic E-state index is 0.519. The van der Waals surface area contributed by atoms with E-state index in [-0.39, 0.29) is 0 Å². The van der Waals surface area contributed by atoms with Gasteiger partial charge in [-0.05, 0) is 37.1 Å². The Balaban J connectivity index is 2.07. The summed E-state index contributed by atoms with van der Waals surface area (Å²) in [4.78, 5) is 0. The summed E-state index contributed by atoms with van der Waals surface area (Å²) in [5, 5.41) is 4.27. The minimum absolute atomic E-state index is 0.519. The average molecular weight is 216 g/mol. The highest BCUT2D eigenvalue weighted by Gasteiger charge is 2.03. The lowest BCUT2D eigenvalue weighted by atomic mass is 10.1. The first-order chi connectivity index (χ1) is 7.66. The number of benzene rings is 1. The molecule has 0 fully saturated rings. The maximum absolute atomic E-state index is 5.74. The summed E-state index contributed by atoms with van der Waals surface area (Å²) in [5.41, 5.74) is 3.39. The molecule has 0 bridgehead atoms. The quantitative estimate of drug-likeness (QED) is 0.788. The van der Waals surface area contributed by atoms with Crippen molar-refractivity contribution in [2.45, 2.75) is 20.5 Å². The van der Waals surface area contributed by atoms with E-state index in [1.54, 1.807) is 4.68 Å². The van der Waals surface area contributed by atoms with Gasteiger partial charge in [-0.1, -0.05) is 12.1 Å². The van der Waals surface area contributed by atoms with Crippen molar-refractivity contribution in [3.63, 3.8) is 0 Å². The first-order valence-corrected chi connectivity index (χ1v) is 5.34. The highest BCUT2D eigenvalue weighted by Crippen LogP contribution is 2.21. The van der Waals surface area contributed by atoms with Gasteiger partial charge in [0.05, 0.1) is 5.69 Å². The topological polar surface area (TPSA) is 27.1 Å². The van der Waals surface area contributed by atoms with Crippen molar-refractivity contribution in [1.29, 1.82) is 0 Å². The number of nitrogens with zero attached hydrogens (tertiary/aromatic N) is 2. The molecule has 3 heteroatoms. The summed E-state index contributed by atoms with van der Waals surface area (Å²) < 4.78 is 7.52. The molecule has 0 unspecified atom stereocenters. The third-order valence-electron chi connectivity index (χ3n) is 2.70.